The zero-order chi connectivity index (χ0) is 18.7. The summed E-state index contributed by atoms with van der Waals surface area (Å²) in [6, 6.07) is 10.1. The van der Waals surface area contributed by atoms with Gasteiger partial charge >= 0.3 is 0 Å². The van der Waals surface area contributed by atoms with Crippen molar-refractivity contribution in [3.05, 3.63) is 53.3 Å². The molecule has 5 nitrogen and oxygen atoms in total. The lowest BCUT2D eigenvalue weighted by Crippen LogP contribution is -2.14. The SMILES string of the molecule is O=C(CCCS(=O)(=O)c1ccc(Cl)cc1)Nc1nc2ccc(F)cc2s1. The van der Waals surface area contributed by atoms with E-state index in [0.29, 0.717) is 20.4 Å². The number of benzene rings is 2. The van der Waals surface area contributed by atoms with Crippen molar-refractivity contribution < 1.29 is 17.6 Å². The molecule has 1 amide bonds. The van der Waals surface area contributed by atoms with Crippen molar-refractivity contribution in [2.24, 2.45) is 0 Å². The predicted octanol–water partition coefficient (Wildman–Crippen LogP) is 4.28. The van der Waals surface area contributed by atoms with Crippen molar-refractivity contribution in [1.82, 2.24) is 4.98 Å². The van der Waals surface area contributed by atoms with Crippen LogP contribution in [0.15, 0.2) is 47.4 Å². The van der Waals surface area contributed by atoms with Gasteiger partial charge in [-0.2, -0.15) is 0 Å². The van der Waals surface area contributed by atoms with Gasteiger partial charge in [0.2, 0.25) is 5.91 Å². The summed E-state index contributed by atoms with van der Waals surface area (Å²) in [6.45, 7) is 0. The van der Waals surface area contributed by atoms with E-state index in [4.69, 9.17) is 11.6 Å². The Hall–Kier alpha value is -2.03. The van der Waals surface area contributed by atoms with E-state index < -0.39 is 9.84 Å². The number of hydrogen-bond donors (Lipinski definition) is 1. The Kier molecular flexibility index (Phi) is 5.55. The molecule has 3 aromatic rings. The summed E-state index contributed by atoms with van der Waals surface area (Å²) in [7, 11) is -3.46. The molecule has 1 N–H and O–H groups in total. The summed E-state index contributed by atoms with van der Waals surface area (Å²) in [5.74, 6) is -0.852. The number of aromatic nitrogens is 1. The average Bonchev–Trinajstić information content (AvgIpc) is 2.96. The number of carbonyl (C=O) groups excluding carboxylic acids is 1. The molecule has 0 saturated carbocycles. The molecule has 0 unspecified atom stereocenters. The number of thiazole rings is 1. The van der Waals surface area contributed by atoms with Gasteiger partial charge in [-0.25, -0.2) is 17.8 Å². The zero-order valence-electron chi connectivity index (χ0n) is 13.4. The molecule has 0 saturated heterocycles. The number of hydrogen-bond acceptors (Lipinski definition) is 5. The number of nitrogens with one attached hydrogen (secondary N) is 1. The molecule has 0 spiro atoms. The molecule has 0 aliphatic rings. The second-order valence-corrected chi connectivity index (χ2v) is 9.13. The second-order valence-electron chi connectivity index (χ2n) is 5.56. The lowest BCUT2D eigenvalue weighted by atomic mass is 10.3. The van der Waals surface area contributed by atoms with Gasteiger partial charge in [-0.05, 0) is 48.9 Å². The molecule has 0 atom stereocenters. The van der Waals surface area contributed by atoms with Crippen molar-refractivity contribution in [1.29, 1.82) is 0 Å². The van der Waals surface area contributed by atoms with E-state index in [1.165, 1.54) is 42.5 Å². The van der Waals surface area contributed by atoms with Crippen LogP contribution in [0.3, 0.4) is 0 Å². The molecule has 2 aromatic carbocycles. The highest BCUT2D eigenvalue weighted by Gasteiger charge is 2.15. The highest BCUT2D eigenvalue weighted by molar-refractivity contribution is 7.91. The van der Waals surface area contributed by atoms with E-state index in [2.05, 4.69) is 10.3 Å². The average molecular weight is 413 g/mol. The van der Waals surface area contributed by atoms with Crippen LogP contribution >= 0.6 is 22.9 Å². The Morgan fingerprint density at radius 3 is 2.65 bits per heavy atom. The van der Waals surface area contributed by atoms with Crippen LogP contribution in [-0.2, 0) is 14.6 Å². The third kappa shape index (κ3) is 4.57. The Morgan fingerprint density at radius 2 is 1.92 bits per heavy atom. The number of rotatable bonds is 6. The van der Waals surface area contributed by atoms with Crippen molar-refractivity contribution in [2.75, 3.05) is 11.1 Å². The van der Waals surface area contributed by atoms with E-state index in [1.54, 1.807) is 0 Å². The lowest BCUT2D eigenvalue weighted by molar-refractivity contribution is -0.116. The Balaban J connectivity index is 1.55. The van der Waals surface area contributed by atoms with Gasteiger partial charge in [0.1, 0.15) is 5.82 Å². The lowest BCUT2D eigenvalue weighted by Gasteiger charge is -2.05. The first kappa shape index (κ1) is 18.8. The van der Waals surface area contributed by atoms with Crippen LogP contribution in [0.4, 0.5) is 9.52 Å². The number of anilines is 1. The molecular weight excluding hydrogens is 399 g/mol. The quantitative estimate of drug-likeness (QED) is 0.655. The normalized spacial score (nSPS) is 11.6. The number of halogens is 2. The molecule has 26 heavy (non-hydrogen) atoms. The van der Waals surface area contributed by atoms with Crippen LogP contribution in [0.25, 0.3) is 10.2 Å². The largest absolute Gasteiger partial charge is 0.302 e. The second kappa shape index (κ2) is 7.69. The van der Waals surface area contributed by atoms with Gasteiger partial charge in [0.05, 0.1) is 20.9 Å². The fourth-order valence-electron chi connectivity index (χ4n) is 2.32. The summed E-state index contributed by atoms with van der Waals surface area (Å²) in [5, 5.41) is 3.43. The molecular formula is C17H14ClFN2O3S2. The molecule has 0 radical (unpaired) electrons. The summed E-state index contributed by atoms with van der Waals surface area (Å²) in [5.41, 5.74) is 0.594. The number of sulfone groups is 1. The minimum atomic E-state index is -3.46. The molecule has 9 heteroatoms. The van der Waals surface area contributed by atoms with Crippen molar-refractivity contribution in [3.8, 4) is 0 Å². The minimum absolute atomic E-state index is 0.0388. The third-order valence-corrected chi connectivity index (χ3v) is 6.59. The van der Waals surface area contributed by atoms with Gasteiger partial charge < -0.3 is 5.32 Å². The highest BCUT2D eigenvalue weighted by Crippen LogP contribution is 2.26. The summed E-state index contributed by atoms with van der Waals surface area (Å²) in [6.07, 6.45) is 0.216. The van der Waals surface area contributed by atoms with Crippen molar-refractivity contribution in [3.63, 3.8) is 0 Å². The molecule has 0 bridgehead atoms. The topological polar surface area (TPSA) is 76.1 Å². The molecule has 136 valence electrons. The van der Waals surface area contributed by atoms with Crippen LogP contribution < -0.4 is 5.32 Å². The highest BCUT2D eigenvalue weighted by atomic mass is 35.5. The molecule has 0 aliphatic carbocycles. The van der Waals surface area contributed by atoms with E-state index in [-0.39, 0.29) is 35.2 Å². The van der Waals surface area contributed by atoms with Crippen LogP contribution in [-0.4, -0.2) is 25.1 Å². The fraction of sp³-hybridized carbons (Fsp3) is 0.176. The standard InChI is InChI=1S/C17H14ClFN2O3S2/c18-11-3-6-13(7-4-11)26(23,24)9-1-2-16(22)21-17-20-14-8-5-12(19)10-15(14)25-17/h3-8,10H,1-2,9H2,(H,20,21,22). The van der Waals surface area contributed by atoms with E-state index in [1.807, 2.05) is 0 Å². The van der Waals surface area contributed by atoms with Crippen molar-refractivity contribution >= 4 is 54.0 Å². The third-order valence-electron chi connectivity index (χ3n) is 3.59. The molecule has 0 aliphatic heterocycles. The number of amides is 1. The minimum Gasteiger partial charge on any atom is -0.302 e. The van der Waals surface area contributed by atoms with Crippen LogP contribution in [0.1, 0.15) is 12.8 Å². The first-order valence-electron chi connectivity index (χ1n) is 7.68. The Morgan fingerprint density at radius 1 is 1.19 bits per heavy atom. The first-order valence-corrected chi connectivity index (χ1v) is 10.5. The van der Waals surface area contributed by atoms with Gasteiger partial charge in [0.15, 0.2) is 15.0 Å². The number of fused-ring (bicyclic) bond motifs is 1. The predicted molar refractivity (Wildman–Crippen MR) is 101 cm³/mol. The summed E-state index contributed by atoms with van der Waals surface area (Å²) < 4.78 is 38.2. The van der Waals surface area contributed by atoms with E-state index in [0.717, 1.165) is 11.3 Å². The molecule has 3 rings (SSSR count). The maximum absolute atomic E-state index is 13.2. The fourth-order valence-corrected chi connectivity index (χ4v) is 4.66. The van der Waals surface area contributed by atoms with Gasteiger partial charge in [0.25, 0.3) is 0 Å². The smallest absolute Gasteiger partial charge is 0.226 e. The van der Waals surface area contributed by atoms with Crippen LogP contribution in [0, 0.1) is 5.82 Å². The summed E-state index contributed by atoms with van der Waals surface area (Å²) in [4.78, 5) is 16.4. The van der Waals surface area contributed by atoms with E-state index >= 15 is 0 Å². The Bertz CT molecular complexity index is 1050. The summed E-state index contributed by atoms with van der Waals surface area (Å²) >= 11 is 6.91. The maximum atomic E-state index is 13.2. The monoisotopic (exact) mass is 412 g/mol. The first-order chi connectivity index (χ1) is 12.3. The van der Waals surface area contributed by atoms with Gasteiger partial charge in [-0.15, -0.1) is 0 Å². The Labute approximate surface area is 158 Å². The van der Waals surface area contributed by atoms with Crippen molar-refractivity contribution in [2.45, 2.75) is 17.7 Å². The maximum Gasteiger partial charge on any atom is 0.226 e. The zero-order valence-corrected chi connectivity index (χ0v) is 15.8. The molecule has 0 fully saturated rings. The van der Waals surface area contributed by atoms with Gasteiger partial charge in [-0.1, -0.05) is 22.9 Å². The van der Waals surface area contributed by atoms with Gasteiger partial charge in [0, 0.05) is 11.4 Å². The van der Waals surface area contributed by atoms with Crippen LogP contribution in [0.5, 0.6) is 0 Å². The van der Waals surface area contributed by atoms with Gasteiger partial charge in [-0.3, -0.25) is 4.79 Å². The molecule has 1 aromatic heterocycles. The molecule has 1 heterocycles. The number of carbonyl (C=O) groups is 1. The van der Waals surface area contributed by atoms with E-state index in [9.17, 15) is 17.6 Å². The van der Waals surface area contributed by atoms with Crippen LogP contribution in [0.2, 0.25) is 5.02 Å². The number of nitrogens with zero attached hydrogens (tertiary/aromatic N) is 1.